The van der Waals surface area contributed by atoms with Gasteiger partial charge >= 0.3 is 0 Å². The van der Waals surface area contributed by atoms with Crippen LogP contribution in [-0.4, -0.2) is 31.5 Å². The molecular weight excluding hydrogens is 180 g/mol. The van der Waals surface area contributed by atoms with Gasteiger partial charge in [0.25, 0.3) is 0 Å². The molecule has 0 saturated carbocycles. The summed E-state index contributed by atoms with van der Waals surface area (Å²) < 4.78 is 4.80. The van der Waals surface area contributed by atoms with E-state index in [1.165, 1.54) is 0 Å². The third-order valence-corrected chi connectivity index (χ3v) is 1.79. The molecule has 0 fully saturated rings. The number of benzene rings is 1. The van der Waals surface area contributed by atoms with Crippen molar-refractivity contribution >= 4 is 11.4 Å². The smallest absolute Gasteiger partial charge is 0.0945 e. The SMILES string of the molecule is COCC(O)CNc1cccc(N)c1. The highest BCUT2D eigenvalue weighted by molar-refractivity contribution is 5.54. The standard InChI is InChI=1S/C10H16N2O2/c1-14-7-10(13)6-12-9-4-2-3-8(11)5-9/h2-5,10,12-13H,6-7,11H2,1H3. The molecule has 4 heteroatoms. The molecule has 14 heavy (non-hydrogen) atoms. The maximum atomic E-state index is 9.36. The van der Waals surface area contributed by atoms with Crippen LogP contribution in [0.2, 0.25) is 0 Å². The molecule has 0 radical (unpaired) electrons. The number of hydrogen-bond donors (Lipinski definition) is 3. The molecule has 78 valence electrons. The predicted octanol–water partition coefficient (Wildman–Crippen LogP) is 0.688. The van der Waals surface area contributed by atoms with Gasteiger partial charge in [-0.15, -0.1) is 0 Å². The van der Waals surface area contributed by atoms with Crippen LogP contribution in [0.1, 0.15) is 0 Å². The Hall–Kier alpha value is -1.26. The van der Waals surface area contributed by atoms with E-state index >= 15 is 0 Å². The monoisotopic (exact) mass is 196 g/mol. The molecule has 1 rings (SSSR count). The van der Waals surface area contributed by atoms with Crippen LogP contribution in [0.5, 0.6) is 0 Å². The highest BCUT2D eigenvalue weighted by atomic mass is 16.5. The molecule has 0 aliphatic heterocycles. The third kappa shape index (κ3) is 3.64. The molecule has 1 atom stereocenters. The summed E-state index contributed by atoms with van der Waals surface area (Å²) >= 11 is 0. The topological polar surface area (TPSA) is 67.5 Å². The molecule has 1 aromatic rings. The van der Waals surface area contributed by atoms with E-state index < -0.39 is 6.10 Å². The Labute approximate surface area is 83.7 Å². The van der Waals surface area contributed by atoms with Crippen molar-refractivity contribution in [2.45, 2.75) is 6.10 Å². The van der Waals surface area contributed by atoms with Gasteiger partial charge in [-0.25, -0.2) is 0 Å². The Balaban J connectivity index is 2.37. The number of ether oxygens (including phenoxy) is 1. The summed E-state index contributed by atoms with van der Waals surface area (Å²) in [6.07, 6.45) is -0.499. The second-order valence-electron chi connectivity index (χ2n) is 3.12. The van der Waals surface area contributed by atoms with Crippen molar-refractivity contribution in [1.82, 2.24) is 0 Å². The van der Waals surface area contributed by atoms with Crippen molar-refractivity contribution in [3.05, 3.63) is 24.3 Å². The van der Waals surface area contributed by atoms with E-state index in [9.17, 15) is 5.11 Å². The molecular formula is C10H16N2O2. The fourth-order valence-corrected chi connectivity index (χ4v) is 1.14. The molecule has 4 nitrogen and oxygen atoms in total. The van der Waals surface area contributed by atoms with E-state index in [0.29, 0.717) is 18.8 Å². The van der Waals surface area contributed by atoms with Gasteiger partial charge in [-0.05, 0) is 18.2 Å². The first-order valence-corrected chi connectivity index (χ1v) is 4.49. The lowest BCUT2D eigenvalue weighted by molar-refractivity contribution is 0.0727. The lowest BCUT2D eigenvalue weighted by atomic mass is 10.2. The van der Waals surface area contributed by atoms with Crippen LogP contribution in [0.4, 0.5) is 11.4 Å². The molecule has 0 amide bonds. The zero-order chi connectivity index (χ0) is 10.4. The quantitative estimate of drug-likeness (QED) is 0.606. The summed E-state index contributed by atoms with van der Waals surface area (Å²) in [5, 5.41) is 12.4. The minimum atomic E-state index is -0.499. The lowest BCUT2D eigenvalue weighted by Gasteiger charge is -2.11. The summed E-state index contributed by atoms with van der Waals surface area (Å²) in [7, 11) is 1.56. The lowest BCUT2D eigenvalue weighted by Crippen LogP contribution is -2.24. The highest BCUT2D eigenvalue weighted by Crippen LogP contribution is 2.11. The zero-order valence-electron chi connectivity index (χ0n) is 8.23. The Morgan fingerprint density at radius 1 is 1.57 bits per heavy atom. The van der Waals surface area contributed by atoms with Crippen LogP contribution in [0.25, 0.3) is 0 Å². The Morgan fingerprint density at radius 2 is 2.36 bits per heavy atom. The number of rotatable bonds is 5. The van der Waals surface area contributed by atoms with Gasteiger partial charge in [-0.3, -0.25) is 0 Å². The molecule has 0 aromatic heterocycles. The van der Waals surface area contributed by atoms with E-state index in [4.69, 9.17) is 10.5 Å². The van der Waals surface area contributed by atoms with Gasteiger partial charge in [0.2, 0.25) is 0 Å². The van der Waals surface area contributed by atoms with Crippen molar-refractivity contribution in [2.24, 2.45) is 0 Å². The van der Waals surface area contributed by atoms with Gasteiger partial charge in [0.05, 0.1) is 12.7 Å². The van der Waals surface area contributed by atoms with Gasteiger partial charge < -0.3 is 20.9 Å². The molecule has 1 aromatic carbocycles. The number of methoxy groups -OCH3 is 1. The molecule has 0 bridgehead atoms. The van der Waals surface area contributed by atoms with Crippen molar-refractivity contribution in [2.75, 3.05) is 31.3 Å². The number of hydrogen-bond acceptors (Lipinski definition) is 4. The molecule has 0 heterocycles. The van der Waals surface area contributed by atoms with Crippen LogP contribution >= 0.6 is 0 Å². The average Bonchev–Trinajstić information content (AvgIpc) is 2.15. The molecule has 4 N–H and O–H groups in total. The molecule has 0 aliphatic carbocycles. The van der Waals surface area contributed by atoms with E-state index in [2.05, 4.69) is 5.32 Å². The number of aliphatic hydroxyl groups is 1. The number of nitrogens with two attached hydrogens (primary N) is 1. The predicted molar refractivity (Wildman–Crippen MR) is 57.2 cm³/mol. The maximum absolute atomic E-state index is 9.36. The summed E-state index contributed by atoms with van der Waals surface area (Å²) in [6.45, 7) is 0.784. The minimum absolute atomic E-state index is 0.329. The van der Waals surface area contributed by atoms with Crippen LogP contribution in [0, 0.1) is 0 Å². The summed E-state index contributed by atoms with van der Waals surface area (Å²) in [6, 6.07) is 7.40. The molecule has 0 spiro atoms. The Bertz CT molecular complexity index is 279. The maximum Gasteiger partial charge on any atom is 0.0945 e. The van der Waals surface area contributed by atoms with E-state index in [0.717, 1.165) is 5.69 Å². The van der Waals surface area contributed by atoms with Gasteiger partial charge in [-0.2, -0.15) is 0 Å². The first-order chi connectivity index (χ1) is 6.72. The van der Waals surface area contributed by atoms with Crippen molar-refractivity contribution in [3.63, 3.8) is 0 Å². The van der Waals surface area contributed by atoms with Gasteiger partial charge in [0.15, 0.2) is 0 Å². The second kappa shape index (κ2) is 5.47. The number of anilines is 2. The number of aliphatic hydroxyl groups excluding tert-OH is 1. The third-order valence-electron chi connectivity index (χ3n) is 1.79. The molecule has 0 saturated heterocycles. The van der Waals surface area contributed by atoms with Crippen LogP contribution in [-0.2, 0) is 4.74 Å². The molecule has 0 aliphatic rings. The van der Waals surface area contributed by atoms with Crippen molar-refractivity contribution in [3.8, 4) is 0 Å². The first kappa shape index (κ1) is 10.8. The van der Waals surface area contributed by atoms with Crippen LogP contribution in [0.3, 0.4) is 0 Å². The van der Waals surface area contributed by atoms with Crippen LogP contribution in [0.15, 0.2) is 24.3 Å². The second-order valence-corrected chi connectivity index (χ2v) is 3.12. The largest absolute Gasteiger partial charge is 0.399 e. The average molecular weight is 196 g/mol. The fraction of sp³-hybridized carbons (Fsp3) is 0.400. The number of nitrogen functional groups attached to an aromatic ring is 1. The normalized spacial score (nSPS) is 12.4. The Kier molecular flexibility index (Phi) is 4.22. The van der Waals surface area contributed by atoms with E-state index in [-0.39, 0.29) is 0 Å². The highest BCUT2D eigenvalue weighted by Gasteiger charge is 2.02. The first-order valence-electron chi connectivity index (χ1n) is 4.49. The van der Waals surface area contributed by atoms with Crippen molar-refractivity contribution in [1.29, 1.82) is 0 Å². The Morgan fingerprint density at radius 3 is 3.00 bits per heavy atom. The fourth-order valence-electron chi connectivity index (χ4n) is 1.14. The van der Waals surface area contributed by atoms with Crippen molar-refractivity contribution < 1.29 is 9.84 Å². The van der Waals surface area contributed by atoms with Crippen LogP contribution < -0.4 is 11.1 Å². The van der Waals surface area contributed by atoms with E-state index in [1.54, 1.807) is 7.11 Å². The zero-order valence-corrected chi connectivity index (χ0v) is 8.23. The van der Waals surface area contributed by atoms with E-state index in [1.807, 2.05) is 24.3 Å². The summed E-state index contributed by atoms with van der Waals surface area (Å²) in [5.74, 6) is 0. The molecule has 1 unspecified atom stereocenters. The summed E-state index contributed by atoms with van der Waals surface area (Å²) in [4.78, 5) is 0. The van der Waals surface area contributed by atoms with Gasteiger partial charge in [0.1, 0.15) is 0 Å². The number of nitrogens with one attached hydrogen (secondary N) is 1. The van der Waals surface area contributed by atoms with Gasteiger partial charge in [0, 0.05) is 25.0 Å². The van der Waals surface area contributed by atoms with Gasteiger partial charge in [-0.1, -0.05) is 6.07 Å². The summed E-state index contributed by atoms with van der Waals surface area (Å²) in [5.41, 5.74) is 7.20. The minimum Gasteiger partial charge on any atom is -0.399 e.